The van der Waals surface area contributed by atoms with Crippen molar-refractivity contribution in [3.8, 4) is 0 Å². The minimum Gasteiger partial charge on any atom is -0.498 e. The van der Waals surface area contributed by atoms with E-state index < -0.39 is 0 Å². The van der Waals surface area contributed by atoms with E-state index >= 15 is 0 Å². The highest BCUT2D eigenvalue weighted by molar-refractivity contribution is 6.06. The third-order valence-corrected chi connectivity index (χ3v) is 5.53. The van der Waals surface area contributed by atoms with Crippen LogP contribution in [0.1, 0.15) is 11.6 Å². The van der Waals surface area contributed by atoms with Crippen LogP contribution in [0.3, 0.4) is 0 Å². The summed E-state index contributed by atoms with van der Waals surface area (Å²) in [6.45, 7) is 3.28. The van der Waals surface area contributed by atoms with Crippen LogP contribution >= 0.6 is 0 Å². The number of carbonyl (C=O) groups excluding carboxylic acids is 1. The molecule has 7 nitrogen and oxygen atoms in total. The summed E-state index contributed by atoms with van der Waals surface area (Å²) in [5.74, 6) is 0.537. The minimum absolute atomic E-state index is 0.0982. The predicted molar refractivity (Wildman–Crippen MR) is 111 cm³/mol. The lowest BCUT2D eigenvalue weighted by Gasteiger charge is -2.30. The first-order valence-corrected chi connectivity index (χ1v) is 9.69. The molecule has 3 heterocycles. The molecular formula is C22H22N4O3. The van der Waals surface area contributed by atoms with Gasteiger partial charge in [-0.05, 0) is 35.9 Å². The summed E-state index contributed by atoms with van der Waals surface area (Å²) in [7, 11) is 1.61. The van der Waals surface area contributed by atoms with Crippen LogP contribution in [-0.2, 0) is 14.3 Å². The monoisotopic (exact) mass is 390 g/mol. The third kappa shape index (κ3) is 3.13. The van der Waals surface area contributed by atoms with Gasteiger partial charge in [-0.25, -0.2) is 4.98 Å². The number of methoxy groups -OCH3 is 1. The van der Waals surface area contributed by atoms with Crippen molar-refractivity contribution in [1.82, 2.24) is 9.97 Å². The van der Waals surface area contributed by atoms with Gasteiger partial charge < -0.3 is 19.4 Å². The van der Waals surface area contributed by atoms with Crippen LogP contribution in [0.25, 0.3) is 11.0 Å². The molecule has 0 radical (unpaired) electrons. The fraction of sp³-hybridized carbons (Fsp3) is 0.273. The summed E-state index contributed by atoms with van der Waals surface area (Å²) in [5.41, 5.74) is 4.71. The lowest BCUT2D eigenvalue weighted by molar-refractivity contribution is -0.113. The average Bonchev–Trinajstić information content (AvgIpc) is 3.37. The van der Waals surface area contributed by atoms with Gasteiger partial charge in [0, 0.05) is 30.5 Å². The molecule has 5 rings (SSSR count). The number of hydrogen-bond donors (Lipinski definition) is 1. The van der Waals surface area contributed by atoms with Gasteiger partial charge in [-0.1, -0.05) is 12.1 Å². The lowest BCUT2D eigenvalue weighted by Crippen LogP contribution is -2.36. The summed E-state index contributed by atoms with van der Waals surface area (Å²) < 4.78 is 11.0. The van der Waals surface area contributed by atoms with Crippen LogP contribution in [0.2, 0.25) is 0 Å². The Balaban J connectivity index is 1.49. The van der Waals surface area contributed by atoms with Crippen LogP contribution < -0.4 is 9.80 Å². The fourth-order valence-electron chi connectivity index (χ4n) is 4.04. The van der Waals surface area contributed by atoms with E-state index in [9.17, 15) is 4.79 Å². The fourth-order valence-corrected chi connectivity index (χ4v) is 4.04. The number of aromatic nitrogens is 2. The number of nitrogens with one attached hydrogen (secondary N) is 1. The predicted octanol–water partition coefficient (Wildman–Crippen LogP) is 3.02. The smallest absolute Gasteiger partial charge is 0.255 e. The second kappa shape index (κ2) is 7.25. The summed E-state index contributed by atoms with van der Waals surface area (Å²) in [4.78, 5) is 24.3. The first-order chi connectivity index (χ1) is 14.2. The van der Waals surface area contributed by atoms with Crippen molar-refractivity contribution >= 4 is 28.3 Å². The number of H-pyrrole nitrogens is 1. The van der Waals surface area contributed by atoms with Gasteiger partial charge in [0.2, 0.25) is 0 Å². The second-order valence-electron chi connectivity index (χ2n) is 7.16. The maximum Gasteiger partial charge on any atom is 0.255 e. The van der Waals surface area contributed by atoms with Gasteiger partial charge in [0.05, 0.1) is 37.7 Å². The van der Waals surface area contributed by atoms with Gasteiger partial charge in [0.25, 0.3) is 5.91 Å². The molecule has 0 saturated carbocycles. The van der Waals surface area contributed by atoms with Crippen molar-refractivity contribution in [2.24, 2.45) is 0 Å². The van der Waals surface area contributed by atoms with Crippen molar-refractivity contribution in [1.29, 1.82) is 0 Å². The Kier molecular flexibility index (Phi) is 4.44. The summed E-state index contributed by atoms with van der Waals surface area (Å²) in [5, 5.41) is 0. The van der Waals surface area contributed by atoms with Gasteiger partial charge in [-0.2, -0.15) is 0 Å². The molecule has 1 unspecified atom stereocenters. The van der Waals surface area contributed by atoms with Crippen LogP contribution in [-0.4, -0.2) is 49.3 Å². The van der Waals surface area contributed by atoms with E-state index in [1.165, 1.54) is 0 Å². The molecule has 3 aromatic rings. The summed E-state index contributed by atoms with van der Waals surface area (Å²) >= 11 is 0. The Morgan fingerprint density at radius 2 is 1.86 bits per heavy atom. The highest BCUT2D eigenvalue weighted by Crippen LogP contribution is 2.39. The largest absolute Gasteiger partial charge is 0.498 e. The Hall–Kier alpha value is -3.32. The van der Waals surface area contributed by atoms with Gasteiger partial charge in [0.1, 0.15) is 11.8 Å². The Bertz CT molecular complexity index is 1070. The Labute approximate surface area is 168 Å². The molecule has 0 aliphatic carbocycles. The molecule has 29 heavy (non-hydrogen) atoms. The number of carbonyl (C=O) groups is 1. The molecule has 1 aromatic heterocycles. The first-order valence-electron chi connectivity index (χ1n) is 9.69. The number of hydrogen-bond acceptors (Lipinski definition) is 5. The number of imidazole rings is 1. The van der Waals surface area contributed by atoms with E-state index in [1.807, 2.05) is 18.2 Å². The van der Waals surface area contributed by atoms with E-state index in [4.69, 9.17) is 9.47 Å². The number of aromatic amines is 1. The summed E-state index contributed by atoms with van der Waals surface area (Å²) in [6.07, 6.45) is 3.22. The van der Waals surface area contributed by atoms with Crippen LogP contribution in [0.15, 0.2) is 60.6 Å². The maximum atomic E-state index is 12.8. The number of nitrogens with zero attached hydrogens (tertiary/aromatic N) is 3. The highest BCUT2D eigenvalue weighted by Gasteiger charge is 2.36. The second-order valence-corrected chi connectivity index (χ2v) is 7.16. The molecular weight excluding hydrogens is 368 g/mol. The molecule has 1 N–H and O–H groups in total. The van der Waals surface area contributed by atoms with Crippen molar-refractivity contribution in [3.05, 3.63) is 66.2 Å². The third-order valence-electron chi connectivity index (χ3n) is 5.53. The van der Waals surface area contributed by atoms with Crippen molar-refractivity contribution in [2.45, 2.75) is 6.04 Å². The molecule has 7 heteroatoms. The first kappa shape index (κ1) is 17.8. The molecule has 1 fully saturated rings. The van der Waals surface area contributed by atoms with E-state index in [0.717, 1.165) is 54.3 Å². The van der Waals surface area contributed by atoms with Crippen LogP contribution in [0.4, 0.5) is 11.4 Å². The normalized spacial score (nSPS) is 19.7. The number of fused-ring (bicyclic) bond motifs is 1. The number of amides is 1. The van der Waals surface area contributed by atoms with Crippen LogP contribution in [0, 0.1) is 0 Å². The van der Waals surface area contributed by atoms with E-state index in [0.29, 0.717) is 5.76 Å². The topological polar surface area (TPSA) is 70.7 Å². The van der Waals surface area contributed by atoms with E-state index in [2.05, 4.69) is 39.1 Å². The molecule has 148 valence electrons. The average molecular weight is 390 g/mol. The molecule has 2 aromatic carbocycles. The standard InChI is InChI=1S/C22H22N4O3/c1-28-20-13-21(27)26(17-6-7-18-19(12-17)24-14-23-18)22(20)15-2-4-16(5-3-15)25-8-10-29-11-9-25/h2-7,12-14,22H,8-11H2,1H3,(H,23,24). The molecule has 0 spiro atoms. The maximum absolute atomic E-state index is 12.8. The molecule has 2 aliphatic rings. The van der Waals surface area contributed by atoms with E-state index in [-0.39, 0.29) is 11.9 Å². The Morgan fingerprint density at radius 1 is 1.10 bits per heavy atom. The van der Waals surface area contributed by atoms with Crippen molar-refractivity contribution < 1.29 is 14.3 Å². The summed E-state index contributed by atoms with van der Waals surface area (Å²) in [6, 6.07) is 13.8. The number of morpholine rings is 1. The lowest BCUT2D eigenvalue weighted by atomic mass is 10.0. The molecule has 1 amide bonds. The zero-order valence-electron chi connectivity index (χ0n) is 16.2. The quantitative estimate of drug-likeness (QED) is 0.742. The molecule has 0 bridgehead atoms. The number of anilines is 2. The van der Waals surface area contributed by atoms with E-state index in [1.54, 1.807) is 24.4 Å². The Morgan fingerprint density at radius 3 is 2.62 bits per heavy atom. The van der Waals surface area contributed by atoms with Gasteiger partial charge in [-0.3, -0.25) is 9.69 Å². The zero-order chi connectivity index (χ0) is 19.8. The highest BCUT2D eigenvalue weighted by atomic mass is 16.5. The molecule has 2 aliphatic heterocycles. The van der Waals surface area contributed by atoms with Gasteiger partial charge in [0.15, 0.2) is 0 Å². The molecule has 1 saturated heterocycles. The van der Waals surface area contributed by atoms with Crippen molar-refractivity contribution in [2.75, 3.05) is 43.2 Å². The minimum atomic E-state index is -0.303. The SMILES string of the molecule is COC1=CC(=O)N(c2ccc3[nH]cnc3c2)C1c1ccc(N2CCOCC2)cc1. The van der Waals surface area contributed by atoms with Crippen LogP contribution in [0.5, 0.6) is 0 Å². The van der Waals surface area contributed by atoms with Gasteiger partial charge in [-0.15, -0.1) is 0 Å². The number of benzene rings is 2. The molecule has 1 atom stereocenters. The van der Waals surface area contributed by atoms with Gasteiger partial charge >= 0.3 is 0 Å². The number of rotatable bonds is 4. The zero-order valence-corrected chi connectivity index (χ0v) is 16.2. The number of ether oxygens (including phenoxy) is 2. The van der Waals surface area contributed by atoms with Crippen molar-refractivity contribution in [3.63, 3.8) is 0 Å².